The van der Waals surface area contributed by atoms with Gasteiger partial charge >= 0.3 is 0 Å². The second-order valence-corrected chi connectivity index (χ2v) is 7.20. The molecule has 1 aromatic carbocycles. The highest BCUT2D eigenvalue weighted by atomic mass is 79.9. The molecule has 3 rings (SSSR count). The van der Waals surface area contributed by atoms with E-state index in [-0.39, 0.29) is 11.2 Å². The first-order valence-corrected chi connectivity index (χ1v) is 8.67. The second-order valence-electron chi connectivity index (χ2n) is 5.79. The fourth-order valence-corrected chi connectivity index (χ4v) is 4.36. The number of ether oxygens (including phenoxy) is 1. The predicted molar refractivity (Wildman–Crippen MR) is 81.1 cm³/mol. The lowest BCUT2D eigenvalue weighted by Crippen LogP contribution is -2.36. The van der Waals surface area contributed by atoms with Crippen LogP contribution >= 0.6 is 31.9 Å². The van der Waals surface area contributed by atoms with Crippen molar-refractivity contribution in [3.8, 4) is 0 Å². The third-order valence-electron chi connectivity index (χ3n) is 4.37. The second kappa shape index (κ2) is 5.45. The quantitative estimate of drug-likeness (QED) is 0.675. The van der Waals surface area contributed by atoms with E-state index >= 15 is 0 Å². The molecule has 2 fully saturated rings. The highest BCUT2D eigenvalue weighted by molar-refractivity contribution is 9.10. The van der Waals surface area contributed by atoms with Crippen molar-refractivity contribution in [2.75, 3.05) is 11.9 Å². The Morgan fingerprint density at radius 2 is 2.16 bits per heavy atom. The average Bonchev–Trinajstić information content (AvgIpc) is 3.16. The topological polar surface area (TPSA) is 9.23 Å². The Balaban J connectivity index is 1.87. The molecule has 1 aliphatic carbocycles. The Morgan fingerprint density at radius 1 is 1.37 bits per heavy atom. The molecule has 4 heteroatoms. The summed E-state index contributed by atoms with van der Waals surface area (Å²) in [6.45, 7) is 0.833. The van der Waals surface area contributed by atoms with Crippen molar-refractivity contribution < 1.29 is 9.13 Å². The molecular weight excluding hydrogens is 375 g/mol. The summed E-state index contributed by atoms with van der Waals surface area (Å²) >= 11 is 7.22. The maximum atomic E-state index is 13.5. The molecule has 1 saturated heterocycles. The van der Waals surface area contributed by atoms with Gasteiger partial charge in [-0.1, -0.05) is 31.9 Å². The molecule has 1 saturated carbocycles. The zero-order chi connectivity index (χ0) is 13.5. The SMILES string of the molecule is Fc1ccc(Br)c(CC2(CBr)CCOC2C2CC2)c1. The summed E-state index contributed by atoms with van der Waals surface area (Å²) < 4.78 is 20.4. The van der Waals surface area contributed by atoms with Gasteiger partial charge in [0.25, 0.3) is 0 Å². The van der Waals surface area contributed by atoms with Gasteiger partial charge in [0.2, 0.25) is 0 Å². The van der Waals surface area contributed by atoms with Gasteiger partial charge in [-0.05, 0) is 55.4 Å². The zero-order valence-corrected chi connectivity index (χ0v) is 13.8. The van der Waals surface area contributed by atoms with E-state index in [0.717, 1.165) is 34.8 Å². The molecule has 104 valence electrons. The Labute approximate surface area is 130 Å². The minimum absolute atomic E-state index is 0.123. The van der Waals surface area contributed by atoms with E-state index in [2.05, 4.69) is 31.9 Å². The van der Waals surface area contributed by atoms with Crippen molar-refractivity contribution >= 4 is 31.9 Å². The van der Waals surface area contributed by atoms with Crippen molar-refractivity contribution in [1.29, 1.82) is 0 Å². The van der Waals surface area contributed by atoms with Gasteiger partial charge < -0.3 is 4.74 Å². The van der Waals surface area contributed by atoms with Crippen molar-refractivity contribution in [2.45, 2.75) is 31.8 Å². The van der Waals surface area contributed by atoms with Gasteiger partial charge in [-0.15, -0.1) is 0 Å². The Morgan fingerprint density at radius 3 is 2.84 bits per heavy atom. The molecule has 2 aliphatic rings. The number of hydrogen-bond donors (Lipinski definition) is 0. The molecule has 0 bridgehead atoms. The molecule has 0 spiro atoms. The van der Waals surface area contributed by atoms with E-state index in [1.165, 1.54) is 18.9 Å². The lowest BCUT2D eigenvalue weighted by atomic mass is 9.76. The van der Waals surface area contributed by atoms with Gasteiger partial charge in [0.1, 0.15) is 5.82 Å². The molecule has 0 radical (unpaired) electrons. The van der Waals surface area contributed by atoms with Crippen LogP contribution in [-0.2, 0) is 11.2 Å². The fraction of sp³-hybridized carbons (Fsp3) is 0.600. The number of benzene rings is 1. The monoisotopic (exact) mass is 390 g/mol. The molecule has 1 heterocycles. The number of hydrogen-bond acceptors (Lipinski definition) is 1. The average molecular weight is 392 g/mol. The number of rotatable bonds is 4. The summed E-state index contributed by atoms with van der Waals surface area (Å²) in [5.41, 5.74) is 1.17. The maximum absolute atomic E-state index is 13.5. The highest BCUT2D eigenvalue weighted by Crippen LogP contribution is 2.50. The molecule has 1 aromatic rings. The smallest absolute Gasteiger partial charge is 0.123 e. The van der Waals surface area contributed by atoms with Crippen LogP contribution in [0.5, 0.6) is 0 Å². The predicted octanol–water partition coefficient (Wildman–Crippen LogP) is 4.71. The summed E-state index contributed by atoms with van der Waals surface area (Å²) in [6, 6.07) is 4.95. The van der Waals surface area contributed by atoms with Gasteiger partial charge in [0, 0.05) is 21.8 Å². The third-order valence-corrected chi connectivity index (χ3v) is 6.26. The highest BCUT2D eigenvalue weighted by Gasteiger charge is 2.50. The van der Waals surface area contributed by atoms with Gasteiger partial charge in [0.15, 0.2) is 0 Å². The molecule has 2 atom stereocenters. The van der Waals surface area contributed by atoms with Crippen LogP contribution in [0.25, 0.3) is 0 Å². The molecule has 2 unspecified atom stereocenters. The van der Waals surface area contributed by atoms with Crippen LogP contribution in [0.4, 0.5) is 4.39 Å². The molecule has 1 nitrogen and oxygen atoms in total. The normalized spacial score (nSPS) is 30.8. The van der Waals surface area contributed by atoms with E-state index in [1.807, 2.05) is 0 Å². The van der Waals surface area contributed by atoms with E-state index in [4.69, 9.17) is 4.74 Å². The molecule has 19 heavy (non-hydrogen) atoms. The first-order chi connectivity index (χ1) is 9.14. The molecule has 0 amide bonds. The van der Waals surface area contributed by atoms with Crippen LogP contribution < -0.4 is 0 Å². The molecular formula is C15H17Br2FO. The van der Waals surface area contributed by atoms with Crippen molar-refractivity contribution in [1.82, 2.24) is 0 Å². The van der Waals surface area contributed by atoms with Gasteiger partial charge in [0.05, 0.1) is 6.10 Å². The van der Waals surface area contributed by atoms with E-state index in [9.17, 15) is 4.39 Å². The van der Waals surface area contributed by atoms with Crippen LogP contribution in [0.1, 0.15) is 24.8 Å². The number of alkyl halides is 1. The Kier molecular flexibility index (Phi) is 4.03. The van der Waals surface area contributed by atoms with Gasteiger partial charge in [-0.25, -0.2) is 4.39 Å². The molecule has 0 aromatic heterocycles. The van der Waals surface area contributed by atoms with Gasteiger partial charge in [-0.3, -0.25) is 0 Å². The summed E-state index contributed by atoms with van der Waals surface area (Å²) in [5, 5.41) is 0.921. The third kappa shape index (κ3) is 2.77. The molecule has 0 N–H and O–H groups in total. The first kappa shape index (κ1) is 14.0. The summed E-state index contributed by atoms with van der Waals surface area (Å²) in [7, 11) is 0. The summed E-state index contributed by atoms with van der Waals surface area (Å²) in [4.78, 5) is 0. The van der Waals surface area contributed by atoms with Crippen LogP contribution in [0, 0.1) is 17.2 Å². The van der Waals surface area contributed by atoms with Gasteiger partial charge in [-0.2, -0.15) is 0 Å². The lowest BCUT2D eigenvalue weighted by Gasteiger charge is -2.33. The summed E-state index contributed by atoms with van der Waals surface area (Å²) in [5.74, 6) is 0.553. The zero-order valence-electron chi connectivity index (χ0n) is 10.7. The van der Waals surface area contributed by atoms with Crippen LogP contribution in [-0.4, -0.2) is 18.0 Å². The van der Waals surface area contributed by atoms with E-state index in [0.29, 0.717) is 12.0 Å². The van der Waals surface area contributed by atoms with Crippen molar-refractivity contribution in [3.05, 3.63) is 34.1 Å². The Hall–Kier alpha value is 0.0700. The number of halogens is 3. The standard InChI is InChI=1S/C15H17Br2FO/c16-9-15(5-6-19-14(15)10-1-2-10)8-11-7-12(18)3-4-13(11)17/h3-4,7,10,14H,1-2,5-6,8-9H2. The van der Waals surface area contributed by atoms with Crippen LogP contribution in [0.2, 0.25) is 0 Å². The van der Waals surface area contributed by atoms with E-state index in [1.54, 1.807) is 12.1 Å². The van der Waals surface area contributed by atoms with Crippen LogP contribution in [0.3, 0.4) is 0 Å². The lowest BCUT2D eigenvalue weighted by molar-refractivity contribution is 0.0412. The minimum atomic E-state index is -0.162. The fourth-order valence-electron chi connectivity index (χ4n) is 3.18. The van der Waals surface area contributed by atoms with Crippen molar-refractivity contribution in [3.63, 3.8) is 0 Å². The largest absolute Gasteiger partial charge is 0.377 e. The molecule has 1 aliphatic heterocycles. The summed E-state index contributed by atoms with van der Waals surface area (Å²) in [6.07, 6.45) is 4.83. The Bertz CT molecular complexity index is 475. The minimum Gasteiger partial charge on any atom is -0.377 e. The van der Waals surface area contributed by atoms with E-state index < -0.39 is 0 Å². The first-order valence-electron chi connectivity index (χ1n) is 6.76. The maximum Gasteiger partial charge on any atom is 0.123 e. The van der Waals surface area contributed by atoms with Crippen molar-refractivity contribution in [2.24, 2.45) is 11.3 Å². The van der Waals surface area contributed by atoms with Crippen LogP contribution in [0.15, 0.2) is 22.7 Å².